The SMILES string of the molecule is CN(C)CCn1ncc(Br)c1C(=O)CCC(C)(C)N. The molecule has 108 valence electrons. The molecule has 0 aliphatic rings. The first kappa shape index (κ1) is 16.3. The summed E-state index contributed by atoms with van der Waals surface area (Å²) >= 11 is 3.40. The number of nitrogens with two attached hydrogens (primary N) is 1. The summed E-state index contributed by atoms with van der Waals surface area (Å²) in [6, 6.07) is 0. The molecule has 0 saturated carbocycles. The Labute approximate surface area is 123 Å². The summed E-state index contributed by atoms with van der Waals surface area (Å²) in [6.45, 7) is 5.40. The van der Waals surface area contributed by atoms with Gasteiger partial charge in [0.1, 0.15) is 5.69 Å². The van der Waals surface area contributed by atoms with Gasteiger partial charge in [-0.15, -0.1) is 0 Å². The molecule has 1 aromatic rings. The Kier molecular flexibility index (Phi) is 5.70. The zero-order chi connectivity index (χ0) is 14.6. The highest BCUT2D eigenvalue weighted by Crippen LogP contribution is 2.20. The Morgan fingerprint density at radius 2 is 2.16 bits per heavy atom. The number of rotatable bonds is 7. The molecule has 0 bridgehead atoms. The van der Waals surface area contributed by atoms with Crippen LogP contribution >= 0.6 is 15.9 Å². The third kappa shape index (κ3) is 5.42. The topological polar surface area (TPSA) is 64.2 Å². The van der Waals surface area contributed by atoms with Crippen molar-refractivity contribution in [1.82, 2.24) is 14.7 Å². The van der Waals surface area contributed by atoms with Crippen LogP contribution in [0.25, 0.3) is 0 Å². The molecule has 1 rings (SSSR count). The Bertz CT molecular complexity index is 434. The van der Waals surface area contributed by atoms with Crippen LogP contribution in [0.5, 0.6) is 0 Å². The lowest BCUT2D eigenvalue weighted by molar-refractivity contribution is 0.0960. The molecule has 0 amide bonds. The summed E-state index contributed by atoms with van der Waals surface area (Å²) in [7, 11) is 3.99. The van der Waals surface area contributed by atoms with Gasteiger partial charge >= 0.3 is 0 Å². The van der Waals surface area contributed by atoms with E-state index in [0.29, 0.717) is 25.1 Å². The van der Waals surface area contributed by atoms with Crippen LogP contribution in [-0.4, -0.2) is 46.6 Å². The van der Waals surface area contributed by atoms with Crippen molar-refractivity contribution in [3.8, 4) is 0 Å². The van der Waals surface area contributed by atoms with E-state index in [0.717, 1.165) is 11.0 Å². The minimum absolute atomic E-state index is 0.0849. The first-order chi connectivity index (χ1) is 8.70. The summed E-state index contributed by atoms with van der Waals surface area (Å²) in [6.07, 6.45) is 2.78. The number of aromatic nitrogens is 2. The largest absolute Gasteiger partial charge is 0.326 e. The Balaban J connectivity index is 2.75. The molecule has 1 heterocycles. The molecule has 0 aliphatic heterocycles. The zero-order valence-electron chi connectivity index (χ0n) is 12.1. The first-order valence-electron chi connectivity index (χ1n) is 6.39. The van der Waals surface area contributed by atoms with E-state index < -0.39 is 0 Å². The lowest BCUT2D eigenvalue weighted by Gasteiger charge is -2.18. The number of hydrogen-bond donors (Lipinski definition) is 1. The molecule has 0 radical (unpaired) electrons. The molecule has 0 aliphatic carbocycles. The summed E-state index contributed by atoms with van der Waals surface area (Å²) in [5, 5.41) is 4.24. The van der Waals surface area contributed by atoms with E-state index in [1.54, 1.807) is 10.9 Å². The van der Waals surface area contributed by atoms with Gasteiger partial charge in [-0.05, 0) is 50.3 Å². The first-order valence-corrected chi connectivity index (χ1v) is 7.18. The van der Waals surface area contributed by atoms with Crippen molar-refractivity contribution in [2.75, 3.05) is 20.6 Å². The smallest absolute Gasteiger partial charge is 0.182 e. The molecule has 0 spiro atoms. The molecule has 2 N–H and O–H groups in total. The quantitative estimate of drug-likeness (QED) is 0.775. The molecule has 1 aromatic heterocycles. The van der Waals surface area contributed by atoms with Gasteiger partial charge in [0.25, 0.3) is 0 Å². The highest BCUT2D eigenvalue weighted by molar-refractivity contribution is 9.10. The van der Waals surface area contributed by atoms with E-state index >= 15 is 0 Å². The van der Waals surface area contributed by atoms with Crippen molar-refractivity contribution in [1.29, 1.82) is 0 Å². The number of Topliss-reactive ketones (excluding diaryl/α,β-unsaturated/α-hetero) is 1. The third-order valence-corrected chi connectivity index (χ3v) is 3.39. The predicted octanol–water partition coefficient (Wildman–Crippen LogP) is 1.91. The average molecular weight is 331 g/mol. The molecular formula is C13H23BrN4O. The van der Waals surface area contributed by atoms with Gasteiger partial charge in [0.15, 0.2) is 5.78 Å². The van der Waals surface area contributed by atoms with Crippen molar-refractivity contribution in [3.05, 3.63) is 16.4 Å². The van der Waals surface area contributed by atoms with Crippen molar-refractivity contribution in [2.45, 2.75) is 38.8 Å². The van der Waals surface area contributed by atoms with Crippen LogP contribution in [0.4, 0.5) is 0 Å². The van der Waals surface area contributed by atoms with Crippen LogP contribution in [0.1, 0.15) is 37.2 Å². The van der Waals surface area contributed by atoms with Crippen molar-refractivity contribution >= 4 is 21.7 Å². The van der Waals surface area contributed by atoms with Gasteiger partial charge in [-0.2, -0.15) is 5.10 Å². The highest BCUT2D eigenvalue weighted by atomic mass is 79.9. The molecule has 19 heavy (non-hydrogen) atoms. The van der Waals surface area contributed by atoms with Crippen LogP contribution in [-0.2, 0) is 6.54 Å². The summed E-state index contributed by atoms with van der Waals surface area (Å²) in [5.41, 5.74) is 6.24. The molecule has 0 atom stereocenters. The molecule has 0 unspecified atom stereocenters. The van der Waals surface area contributed by atoms with Crippen LogP contribution in [0.15, 0.2) is 10.7 Å². The van der Waals surface area contributed by atoms with E-state index in [1.807, 2.05) is 27.9 Å². The number of carbonyl (C=O) groups excluding carboxylic acids is 1. The van der Waals surface area contributed by atoms with Crippen molar-refractivity contribution < 1.29 is 4.79 Å². The number of nitrogens with zero attached hydrogens (tertiary/aromatic N) is 3. The van der Waals surface area contributed by atoms with Gasteiger partial charge in [-0.25, -0.2) is 0 Å². The van der Waals surface area contributed by atoms with Gasteiger partial charge in [-0.1, -0.05) is 0 Å². The van der Waals surface area contributed by atoms with Gasteiger partial charge in [0.2, 0.25) is 0 Å². The summed E-state index contributed by atoms with van der Waals surface area (Å²) in [4.78, 5) is 14.3. The third-order valence-electron chi connectivity index (χ3n) is 2.81. The Morgan fingerprint density at radius 3 is 2.68 bits per heavy atom. The fourth-order valence-corrected chi connectivity index (χ4v) is 2.18. The van der Waals surface area contributed by atoms with Crippen LogP contribution in [0.2, 0.25) is 0 Å². The van der Waals surface area contributed by atoms with E-state index in [-0.39, 0.29) is 11.3 Å². The van der Waals surface area contributed by atoms with Gasteiger partial charge < -0.3 is 10.6 Å². The van der Waals surface area contributed by atoms with Gasteiger partial charge in [0, 0.05) is 18.5 Å². The Morgan fingerprint density at radius 1 is 1.53 bits per heavy atom. The predicted molar refractivity (Wildman–Crippen MR) is 80.3 cm³/mol. The Hall–Kier alpha value is -0.720. The molecule has 0 saturated heterocycles. The lowest BCUT2D eigenvalue weighted by atomic mass is 9.97. The molecule has 5 nitrogen and oxygen atoms in total. The zero-order valence-corrected chi connectivity index (χ0v) is 13.7. The maximum atomic E-state index is 12.3. The minimum atomic E-state index is -0.323. The molecular weight excluding hydrogens is 308 g/mol. The summed E-state index contributed by atoms with van der Waals surface area (Å²) in [5.74, 6) is 0.0849. The van der Waals surface area contributed by atoms with Gasteiger partial charge in [-0.3, -0.25) is 9.48 Å². The fourth-order valence-electron chi connectivity index (χ4n) is 1.66. The van der Waals surface area contributed by atoms with Gasteiger partial charge in [0.05, 0.1) is 17.2 Å². The second-order valence-corrected chi connectivity index (χ2v) is 6.63. The minimum Gasteiger partial charge on any atom is -0.326 e. The second-order valence-electron chi connectivity index (χ2n) is 5.78. The highest BCUT2D eigenvalue weighted by Gasteiger charge is 2.20. The van der Waals surface area contributed by atoms with E-state index in [1.165, 1.54) is 0 Å². The van der Waals surface area contributed by atoms with E-state index in [2.05, 4.69) is 25.9 Å². The van der Waals surface area contributed by atoms with Crippen molar-refractivity contribution in [2.24, 2.45) is 5.73 Å². The normalized spacial score (nSPS) is 12.2. The maximum absolute atomic E-state index is 12.3. The second kappa shape index (κ2) is 6.63. The maximum Gasteiger partial charge on any atom is 0.182 e. The monoisotopic (exact) mass is 330 g/mol. The fraction of sp³-hybridized carbons (Fsp3) is 0.692. The summed E-state index contributed by atoms with van der Waals surface area (Å²) < 4.78 is 2.52. The number of ketones is 1. The van der Waals surface area contributed by atoms with E-state index in [9.17, 15) is 4.79 Å². The van der Waals surface area contributed by atoms with Crippen LogP contribution in [0.3, 0.4) is 0 Å². The standard InChI is InChI=1S/C13H23BrN4O/c1-13(2,15)6-5-11(19)12-10(14)9-16-18(12)8-7-17(3)4/h9H,5-8,15H2,1-4H3. The molecule has 0 fully saturated rings. The molecule has 6 heteroatoms. The molecule has 0 aromatic carbocycles. The number of carbonyl (C=O) groups is 1. The van der Waals surface area contributed by atoms with Crippen LogP contribution < -0.4 is 5.73 Å². The van der Waals surface area contributed by atoms with Crippen molar-refractivity contribution in [3.63, 3.8) is 0 Å². The van der Waals surface area contributed by atoms with E-state index in [4.69, 9.17) is 5.73 Å². The average Bonchev–Trinajstić information content (AvgIpc) is 2.64. The lowest BCUT2D eigenvalue weighted by Crippen LogP contribution is -2.32. The number of likely N-dealkylation sites (N-methyl/N-ethyl adjacent to an activating group) is 1. The number of hydrogen-bond acceptors (Lipinski definition) is 4. The van der Waals surface area contributed by atoms with Crippen LogP contribution in [0, 0.1) is 0 Å². The number of halogens is 1.